The van der Waals surface area contributed by atoms with Crippen molar-refractivity contribution in [3.8, 4) is 0 Å². The van der Waals surface area contributed by atoms with Gasteiger partial charge in [-0.1, -0.05) is 0 Å². The first-order valence-electron chi connectivity index (χ1n) is 8.21. The van der Waals surface area contributed by atoms with Crippen molar-refractivity contribution in [2.75, 3.05) is 39.4 Å². The van der Waals surface area contributed by atoms with Crippen molar-refractivity contribution in [1.82, 2.24) is 9.21 Å². The van der Waals surface area contributed by atoms with Crippen molar-refractivity contribution in [2.45, 2.75) is 17.7 Å². The van der Waals surface area contributed by atoms with Gasteiger partial charge in [-0.15, -0.1) is 0 Å². The van der Waals surface area contributed by atoms with Crippen LogP contribution in [0.1, 0.15) is 12.8 Å². The van der Waals surface area contributed by atoms with E-state index in [2.05, 4.69) is 0 Å². The molecule has 0 unspecified atom stereocenters. The highest BCUT2D eigenvalue weighted by Crippen LogP contribution is 2.27. The Morgan fingerprint density at radius 2 is 1.72 bits per heavy atom. The second-order valence-electron chi connectivity index (χ2n) is 6.19. The number of amides is 1. The highest BCUT2D eigenvalue weighted by molar-refractivity contribution is 7.89. The minimum atomic E-state index is -4.12. The van der Waals surface area contributed by atoms with E-state index in [9.17, 15) is 22.0 Å². The van der Waals surface area contributed by atoms with E-state index in [1.807, 2.05) is 0 Å². The molecule has 0 bridgehead atoms. The summed E-state index contributed by atoms with van der Waals surface area (Å²) in [6.07, 6.45) is 0.735. The summed E-state index contributed by atoms with van der Waals surface area (Å²) in [6.45, 7) is 2.34. The average molecular weight is 374 g/mol. The number of carbonyl (C=O) groups excluding carboxylic acids is 1. The Balaban J connectivity index is 1.67. The molecular weight excluding hydrogens is 354 g/mol. The molecule has 2 aliphatic rings. The maximum atomic E-state index is 13.8. The number of halogens is 2. The smallest absolute Gasteiger partial charge is 0.246 e. The van der Waals surface area contributed by atoms with Crippen LogP contribution in [-0.2, 0) is 19.6 Å². The Kier molecular flexibility index (Phi) is 5.35. The second kappa shape index (κ2) is 7.35. The lowest BCUT2D eigenvalue weighted by atomic mass is 9.96. The molecule has 0 atom stereocenters. The van der Waals surface area contributed by atoms with E-state index < -0.39 is 26.6 Å². The highest BCUT2D eigenvalue weighted by atomic mass is 32.2. The van der Waals surface area contributed by atoms with Crippen LogP contribution in [0.5, 0.6) is 0 Å². The predicted molar refractivity (Wildman–Crippen MR) is 85.2 cm³/mol. The third kappa shape index (κ3) is 3.83. The van der Waals surface area contributed by atoms with Crippen LogP contribution in [0, 0.1) is 17.6 Å². The fourth-order valence-electron chi connectivity index (χ4n) is 3.20. The van der Waals surface area contributed by atoms with Gasteiger partial charge in [-0.2, -0.15) is 4.31 Å². The van der Waals surface area contributed by atoms with Crippen LogP contribution in [-0.4, -0.2) is 62.9 Å². The molecule has 0 radical (unpaired) electrons. The molecule has 2 saturated heterocycles. The lowest BCUT2D eigenvalue weighted by molar-refractivity contribution is -0.140. The van der Waals surface area contributed by atoms with E-state index in [0.717, 1.165) is 16.4 Å². The largest absolute Gasteiger partial charge is 0.378 e. The topological polar surface area (TPSA) is 66.9 Å². The van der Waals surface area contributed by atoms with Gasteiger partial charge in [0.05, 0.1) is 13.2 Å². The average Bonchev–Trinajstić information content (AvgIpc) is 2.64. The van der Waals surface area contributed by atoms with Gasteiger partial charge in [-0.25, -0.2) is 17.2 Å². The van der Waals surface area contributed by atoms with Gasteiger partial charge in [0.2, 0.25) is 15.9 Å². The molecule has 25 heavy (non-hydrogen) atoms. The summed E-state index contributed by atoms with van der Waals surface area (Å²) in [6, 6.07) is 2.37. The SMILES string of the molecule is O=C(C1CCN(S(=O)(=O)c2cc(F)ccc2F)CC1)N1CCOCC1. The highest BCUT2D eigenvalue weighted by Gasteiger charge is 2.35. The molecule has 1 amide bonds. The third-order valence-electron chi connectivity index (χ3n) is 4.64. The van der Waals surface area contributed by atoms with E-state index in [1.54, 1.807) is 4.90 Å². The summed E-state index contributed by atoms with van der Waals surface area (Å²) >= 11 is 0. The number of piperidine rings is 1. The Morgan fingerprint density at radius 1 is 1.08 bits per heavy atom. The minimum Gasteiger partial charge on any atom is -0.378 e. The molecule has 0 aliphatic carbocycles. The van der Waals surface area contributed by atoms with E-state index in [4.69, 9.17) is 4.74 Å². The van der Waals surface area contributed by atoms with Crippen LogP contribution < -0.4 is 0 Å². The number of hydrogen-bond acceptors (Lipinski definition) is 4. The number of benzene rings is 1. The molecule has 3 rings (SSSR count). The monoisotopic (exact) mass is 374 g/mol. The molecule has 0 spiro atoms. The zero-order valence-corrected chi connectivity index (χ0v) is 14.5. The number of ether oxygens (including phenoxy) is 1. The first kappa shape index (κ1) is 18.2. The molecule has 138 valence electrons. The van der Waals surface area contributed by atoms with Gasteiger partial charge in [0.25, 0.3) is 0 Å². The summed E-state index contributed by atoms with van der Waals surface area (Å²) in [7, 11) is -4.12. The number of morpholine rings is 1. The maximum Gasteiger partial charge on any atom is 0.246 e. The van der Waals surface area contributed by atoms with Crippen LogP contribution in [0.4, 0.5) is 8.78 Å². The molecule has 2 fully saturated rings. The molecule has 0 N–H and O–H groups in total. The van der Waals surface area contributed by atoms with Crippen molar-refractivity contribution < 1.29 is 26.7 Å². The van der Waals surface area contributed by atoms with Crippen LogP contribution >= 0.6 is 0 Å². The summed E-state index contributed by atoms with van der Waals surface area (Å²) in [4.78, 5) is 13.6. The Hall–Kier alpha value is -1.58. The van der Waals surface area contributed by atoms with Gasteiger partial charge in [-0.05, 0) is 31.0 Å². The summed E-state index contributed by atoms with van der Waals surface area (Å²) in [5.41, 5.74) is 0. The van der Waals surface area contributed by atoms with Crippen molar-refractivity contribution in [3.05, 3.63) is 29.8 Å². The van der Waals surface area contributed by atoms with Crippen LogP contribution in [0.2, 0.25) is 0 Å². The normalized spacial score (nSPS) is 20.6. The summed E-state index contributed by atoms with van der Waals surface area (Å²) < 4.78 is 58.6. The molecule has 1 aromatic carbocycles. The van der Waals surface area contributed by atoms with E-state index in [-0.39, 0.29) is 24.9 Å². The number of nitrogens with zero attached hydrogens (tertiary/aromatic N) is 2. The number of rotatable bonds is 3. The Bertz CT molecular complexity index is 743. The maximum absolute atomic E-state index is 13.8. The number of sulfonamides is 1. The van der Waals surface area contributed by atoms with Crippen molar-refractivity contribution in [2.24, 2.45) is 5.92 Å². The molecular formula is C16H20F2N2O4S. The third-order valence-corrected chi connectivity index (χ3v) is 6.55. The van der Waals surface area contributed by atoms with E-state index >= 15 is 0 Å². The number of hydrogen-bond donors (Lipinski definition) is 0. The van der Waals surface area contributed by atoms with E-state index in [1.165, 1.54) is 0 Å². The van der Waals surface area contributed by atoms with Gasteiger partial charge < -0.3 is 9.64 Å². The summed E-state index contributed by atoms with van der Waals surface area (Å²) in [5.74, 6) is -2.02. The fourth-order valence-corrected chi connectivity index (χ4v) is 4.74. The van der Waals surface area contributed by atoms with Gasteiger partial charge >= 0.3 is 0 Å². The van der Waals surface area contributed by atoms with Gasteiger partial charge in [0.15, 0.2) is 0 Å². The summed E-state index contributed by atoms with van der Waals surface area (Å²) in [5, 5.41) is 0. The molecule has 6 nitrogen and oxygen atoms in total. The molecule has 9 heteroatoms. The predicted octanol–water partition coefficient (Wildman–Crippen LogP) is 1.22. The molecule has 1 aromatic rings. The lowest BCUT2D eigenvalue weighted by Gasteiger charge is -2.35. The van der Waals surface area contributed by atoms with Crippen LogP contribution in [0.25, 0.3) is 0 Å². The molecule has 0 saturated carbocycles. The van der Waals surface area contributed by atoms with Crippen molar-refractivity contribution in [1.29, 1.82) is 0 Å². The zero-order chi connectivity index (χ0) is 18.0. The van der Waals surface area contributed by atoms with Gasteiger partial charge in [-0.3, -0.25) is 4.79 Å². The molecule has 2 heterocycles. The molecule has 2 aliphatic heterocycles. The molecule has 0 aromatic heterocycles. The van der Waals surface area contributed by atoms with Crippen LogP contribution in [0.3, 0.4) is 0 Å². The van der Waals surface area contributed by atoms with Gasteiger partial charge in [0.1, 0.15) is 16.5 Å². The Morgan fingerprint density at radius 3 is 2.36 bits per heavy atom. The Labute approximate surface area is 145 Å². The second-order valence-corrected chi connectivity index (χ2v) is 8.10. The van der Waals surface area contributed by atoms with E-state index in [0.29, 0.717) is 45.2 Å². The fraction of sp³-hybridized carbons (Fsp3) is 0.562. The van der Waals surface area contributed by atoms with Crippen LogP contribution in [0.15, 0.2) is 23.1 Å². The first-order chi connectivity index (χ1) is 11.9. The lowest BCUT2D eigenvalue weighted by Crippen LogP contribution is -2.47. The first-order valence-corrected chi connectivity index (χ1v) is 9.65. The number of carbonyl (C=O) groups is 1. The zero-order valence-electron chi connectivity index (χ0n) is 13.7. The van der Waals surface area contributed by atoms with Gasteiger partial charge in [0, 0.05) is 32.1 Å². The quantitative estimate of drug-likeness (QED) is 0.798. The standard InChI is InChI=1S/C16H20F2N2O4S/c17-13-1-2-14(18)15(11-13)25(22,23)20-5-3-12(4-6-20)16(21)19-7-9-24-10-8-19/h1-2,11-12H,3-10H2. The van der Waals surface area contributed by atoms with Crippen molar-refractivity contribution in [3.63, 3.8) is 0 Å². The van der Waals surface area contributed by atoms with Crippen molar-refractivity contribution >= 4 is 15.9 Å². The minimum absolute atomic E-state index is 0.0114.